The number of ether oxygens (including phenoxy) is 1. The van der Waals surface area contributed by atoms with Crippen LogP contribution in [0.4, 0.5) is 0 Å². The number of nitrogens with one attached hydrogen (secondary N) is 2. The first kappa shape index (κ1) is 13.3. The lowest BCUT2D eigenvalue weighted by Gasteiger charge is -2.23. The Hall–Kier alpha value is -0.120. The van der Waals surface area contributed by atoms with Crippen LogP contribution in [0.5, 0.6) is 0 Å². The Bertz CT molecular complexity index is 243. The summed E-state index contributed by atoms with van der Waals surface area (Å²) in [6.07, 6.45) is 1.17. The van der Waals surface area contributed by atoms with E-state index in [0.717, 1.165) is 38.8 Å². The lowest BCUT2D eigenvalue weighted by molar-refractivity contribution is 0.0742. The third-order valence-electron chi connectivity index (χ3n) is 5.34. The topological polar surface area (TPSA) is 33.3 Å². The van der Waals surface area contributed by atoms with Crippen molar-refractivity contribution in [2.75, 3.05) is 32.8 Å². The molecule has 2 fully saturated rings. The molecule has 1 saturated carbocycles. The van der Waals surface area contributed by atoms with E-state index < -0.39 is 0 Å². The lowest BCUT2D eigenvalue weighted by atomic mass is 10.0. The Balaban J connectivity index is 1.58. The molecule has 3 nitrogen and oxygen atoms in total. The van der Waals surface area contributed by atoms with Crippen molar-refractivity contribution in [2.45, 2.75) is 40.2 Å². The molecule has 0 aromatic rings. The summed E-state index contributed by atoms with van der Waals surface area (Å²) >= 11 is 0. The quantitative estimate of drug-likeness (QED) is 0.717. The molecule has 17 heavy (non-hydrogen) atoms. The predicted molar refractivity (Wildman–Crippen MR) is 71.1 cm³/mol. The molecule has 100 valence electrons. The molecular formula is C14H28N2O. The van der Waals surface area contributed by atoms with Gasteiger partial charge in [-0.2, -0.15) is 0 Å². The molecule has 0 bridgehead atoms. The normalized spacial score (nSPS) is 31.4. The number of hydrogen-bond acceptors (Lipinski definition) is 3. The molecule has 1 heterocycles. The number of morpholine rings is 1. The molecule has 2 N–H and O–H groups in total. The van der Waals surface area contributed by atoms with E-state index in [-0.39, 0.29) is 0 Å². The third-order valence-corrected chi connectivity index (χ3v) is 5.34. The molecule has 0 aromatic heterocycles. The summed E-state index contributed by atoms with van der Waals surface area (Å²) in [7, 11) is 0. The molecule has 2 aliphatic rings. The summed E-state index contributed by atoms with van der Waals surface area (Å²) < 4.78 is 5.45. The Morgan fingerprint density at radius 1 is 1.24 bits per heavy atom. The Morgan fingerprint density at radius 3 is 2.47 bits per heavy atom. The minimum absolute atomic E-state index is 0.506. The van der Waals surface area contributed by atoms with Crippen molar-refractivity contribution in [1.29, 1.82) is 0 Å². The van der Waals surface area contributed by atoms with Gasteiger partial charge in [0.1, 0.15) is 0 Å². The van der Waals surface area contributed by atoms with E-state index in [4.69, 9.17) is 4.74 Å². The van der Waals surface area contributed by atoms with Crippen LogP contribution in [-0.4, -0.2) is 38.9 Å². The fourth-order valence-electron chi connectivity index (χ4n) is 3.17. The second-order valence-corrected chi connectivity index (χ2v) is 6.71. The summed E-state index contributed by atoms with van der Waals surface area (Å²) in [6, 6.07) is 0.552. The predicted octanol–water partition coefficient (Wildman–Crippen LogP) is 1.64. The van der Waals surface area contributed by atoms with Gasteiger partial charge >= 0.3 is 0 Å². The van der Waals surface area contributed by atoms with Crippen molar-refractivity contribution in [2.24, 2.45) is 16.7 Å². The highest BCUT2D eigenvalue weighted by atomic mass is 16.5. The van der Waals surface area contributed by atoms with Gasteiger partial charge in [-0.3, -0.25) is 0 Å². The zero-order chi connectivity index (χ0) is 12.5. The van der Waals surface area contributed by atoms with E-state index in [1.807, 2.05) is 0 Å². The van der Waals surface area contributed by atoms with Crippen LogP contribution in [-0.2, 0) is 4.74 Å². The third kappa shape index (κ3) is 2.67. The highest BCUT2D eigenvalue weighted by Gasteiger charge is 2.63. The van der Waals surface area contributed by atoms with Crippen molar-refractivity contribution in [1.82, 2.24) is 10.6 Å². The van der Waals surface area contributed by atoms with Crippen LogP contribution in [0, 0.1) is 16.7 Å². The van der Waals surface area contributed by atoms with Crippen molar-refractivity contribution >= 4 is 0 Å². The summed E-state index contributed by atoms with van der Waals surface area (Å²) in [5, 5.41) is 7.10. The largest absolute Gasteiger partial charge is 0.379 e. The fraction of sp³-hybridized carbons (Fsp3) is 1.00. The maximum atomic E-state index is 5.45. The molecule has 2 rings (SSSR count). The van der Waals surface area contributed by atoms with E-state index in [1.165, 1.54) is 6.42 Å². The Morgan fingerprint density at radius 2 is 1.94 bits per heavy atom. The molecule has 0 radical (unpaired) electrons. The van der Waals surface area contributed by atoms with Gasteiger partial charge in [0.2, 0.25) is 0 Å². The van der Waals surface area contributed by atoms with Gasteiger partial charge < -0.3 is 15.4 Å². The smallest absolute Gasteiger partial charge is 0.0620 e. The van der Waals surface area contributed by atoms with Crippen LogP contribution in [0.2, 0.25) is 0 Å². The Labute approximate surface area is 106 Å². The SMILES string of the molecule is CC1(C)C(CNCCC2COCCN2)C1(C)C. The molecular weight excluding hydrogens is 212 g/mol. The van der Waals surface area contributed by atoms with Crippen LogP contribution in [0.1, 0.15) is 34.1 Å². The van der Waals surface area contributed by atoms with Gasteiger partial charge in [0.05, 0.1) is 13.2 Å². The maximum absolute atomic E-state index is 5.45. The molecule has 1 saturated heterocycles. The summed E-state index contributed by atoms with van der Waals surface area (Å²) in [6.45, 7) is 14.6. The zero-order valence-corrected chi connectivity index (χ0v) is 11.8. The number of rotatable bonds is 5. The lowest BCUT2D eigenvalue weighted by Crippen LogP contribution is -2.42. The summed E-state index contributed by atoms with van der Waals surface area (Å²) in [4.78, 5) is 0. The van der Waals surface area contributed by atoms with Crippen molar-refractivity contribution in [3.05, 3.63) is 0 Å². The minimum atomic E-state index is 0.506. The molecule has 1 aliphatic carbocycles. The molecule has 0 amide bonds. The van der Waals surface area contributed by atoms with Gasteiger partial charge in [-0.05, 0) is 36.3 Å². The van der Waals surface area contributed by atoms with E-state index in [0.29, 0.717) is 16.9 Å². The second-order valence-electron chi connectivity index (χ2n) is 6.71. The summed E-state index contributed by atoms with van der Waals surface area (Å²) in [5.74, 6) is 0.825. The monoisotopic (exact) mass is 240 g/mol. The average Bonchev–Trinajstić information content (AvgIpc) is 2.67. The van der Waals surface area contributed by atoms with Crippen LogP contribution in [0.25, 0.3) is 0 Å². The van der Waals surface area contributed by atoms with Gasteiger partial charge in [0, 0.05) is 12.6 Å². The highest BCUT2D eigenvalue weighted by molar-refractivity contribution is 5.12. The molecule has 3 heteroatoms. The average molecular weight is 240 g/mol. The van der Waals surface area contributed by atoms with Gasteiger partial charge in [-0.1, -0.05) is 27.7 Å². The van der Waals surface area contributed by atoms with E-state index >= 15 is 0 Å². The van der Waals surface area contributed by atoms with Gasteiger partial charge in [-0.25, -0.2) is 0 Å². The highest BCUT2D eigenvalue weighted by Crippen LogP contribution is 2.67. The Kier molecular flexibility index (Phi) is 3.81. The number of hydrogen-bond donors (Lipinski definition) is 2. The van der Waals surface area contributed by atoms with Crippen LogP contribution in [0.15, 0.2) is 0 Å². The van der Waals surface area contributed by atoms with Crippen LogP contribution in [0.3, 0.4) is 0 Å². The molecule has 1 unspecified atom stereocenters. The van der Waals surface area contributed by atoms with E-state index in [9.17, 15) is 0 Å². The first-order valence-electron chi connectivity index (χ1n) is 6.98. The van der Waals surface area contributed by atoms with Crippen molar-refractivity contribution < 1.29 is 4.74 Å². The minimum Gasteiger partial charge on any atom is -0.379 e. The molecule has 0 spiro atoms. The molecule has 1 atom stereocenters. The molecule has 0 aromatic carbocycles. The van der Waals surface area contributed by atoms with Gasteiger partial charge in [0.15, 0.2) is 0 Å². The van der Waals surface area contributed by atoms with Crippen LogP contribution < -0.4 is 10.6 Å². The second kappa shape index (κ2) is 4.87. The first-order chi connectivity index (χ1) is 7.96. The van der Waals surface area contributed by atoms with Gasteiger partial charge in [0.25, 0.3) is 0 Å². The van der Waals surface area contributed by atoms with E-state index in [2.05, 4.69) is 38.3 Å². The van der Waals surface area contributed by atoms with Crippen molar-refractivity contribution in [3.63, 3.8) is 0 Å². The molecule has 1 aliphatic heterocycles. The fourth-order valence-corrected chi connectivity index (χ4v) is 3.17. The first-order valence-corrected chi connectivity index (χ1v) is 6.98. The standard InChI is InChI=1S/C14H28N2O/c1-13(2)12(14(13,3)4)9-15-6-5-11-10-17-8-7-16-11/h11-12,15-16H,5-10H2,1-4H3. The zero-order valence-electron chi connectivity index (χ0n) is 11.8. The van der Waals surface area contributed by atoms with Crippen molar-refractivity contribution in [3.8, 4) is 0 Å². The van der Waals surface area contributed by atoms with Gasteiger partial charge in [-0.15, -0.1) is 0 Å². The van der Waals surface area contributed by atoms with E-state index in [1.54, 1.807) is 0 Å². The maximum Gasteiger partial charge on any atom is 0.0620 e. The van der Waals surface area contributed by atoms with Crippen LogP contribution >= 0.6 is 0 Å². The summed E-state index contributed by atoms with van der Waals surface area (Å²) in [5.41, 5.74) is 1.01.